The molecule has 25 heavy (non-hydrogen) atoms. The number of rotatable bonds is 2. The molecule has 4 heterocycles. The summed E-state index contributed by atoms with van der Waals surface area (Å²) < 4.78 is 0. The largest absolute Gasteiger partial charge is 0.328 e. The summed E-state index contributed by atoms with van der Waals surface area (Å²) in [6, 6.07) is 10.5. The molecule has 1 saturated heterocycles. The third kappa shape index (κ3) is 2.38. The summed E-state index contributed by atoms with van der Waals surface area (Å²) in [5.74, 6) is 0.124. The molecule has 2 aromatic heterocycles. The molecule has 1 aromatic carbocycles. The number of amides is 1. The van der Waals surface area contributed by atoms with Crippen molar-refractivity contribution in [3.8, 4) is 11.1 Å². The molecule has 2 atom stereocenters. The number of aromatic nitrogens is 2. The second-order valence-electron chi connectivity index (χ2n) is 6.68. The first-order chi connectivity index (χ1) is 12.3. The zero-order valence-corrected chi connectivity index (χ0v) is 14.4. The van der Waals surface area contributed by atoms with Gasteiger partial charge in [-0.3, -0.25) is 4.79 Å². The van der Waals surface area contributed by atoms with E-state index in [1.165, 1.54) is 5.56 Å². The van der Waals surface area contributed by atoms with Crippen molar-refractivity contribution in [2.24, 2.45) is 0 Å². The van der Waals surface area contributed by atoms with Crippen LogP contribution in [0.25, 0.3) is 11.1 Å². The average molecular weight is 347 g/mol. The van der Waals surface area contributed by atoms with Crippen LogP contribution in [0.1, 0.15) is 40.5 Å². The van der Waals surface area contributed by atoms with Crippen LogP contribution in [0.4, 0.5) is 0 Å². The second-order valence-corrected chi connectivity index (χ2v) is 7.46. The first kappa shape index (κ1) is 14.8. The SMILES string of the molecule is O=C(c1ccc(-c2ccsc2)cc1)N1C2CCC1c1cncnc1C2. The number of thiophene rings is 1. The third-order valence-corrected chi connectivity index (χ3v) is 6.02. The number of carbonyl (C=O) groups is 1. The minimum atomic E-state index is 0.124. The van der Waals surface area contributed by atoms with Gasteiger partial charge in [-0.2, -0.15) is 11.3 Å². The van der Waals surface area contributed by atoms with Crippen molar-refractivity contribution < 1.29 is 4.79 Å². The van der Waals surface area contributed by atoms with E-state index in [1.54, 1.807) is 17.7 Å². The lowest BCUT2D eigenvalue weighted by atomic mass is 9.98. The lowest BCUT2D eigenvalue weighted by molar-refractivity contribution is 0.0644. The van der Waals surface area contributed by atoms with E-state index >= 15 is 0 Å². The number of nitrogens with zero attached hydrogens (tertiary/aromatic N) is 3. The van der Waals surface area contributed by atoms with E-state index in [-0.39, 0.29) is 18.0 Å². The van der Waals surface area contributed by atoms with Gasteiger partial charge in [-0.15, -0.1) is 0 Å². The topological polar surface area (TPSA) is 46.1 Å². The molecule has 0 aliphatic carbocycles. The summed E-state index contributed by atoms with van der Waals surface area (Å²) in [5, 5.41) is 4.19. The van der Waals surface area contributed by atoms with Crippen LogP contribution in [0.5, 0.6) is 0 Å². The Morgan fingerprint density at radius 1 is 1.12 bits per heavy atom. The molecule has 3 aromatic rings. The summed E-state index contributed by atoms with van der Waals surface area (Å²) >= 11 is 1.68. The van der Waals surface area contributed by atoms with Gasteiger partial charge in [0.2, 0.25) is 0 Å². The maximum Gasteiger partial charge on any atom is 0.254 e. The molecule has 1 amide bonds. The maximum absolute atomic E-state index is 13.2. The monoisotopic (exact) mass is 347 g/mol. The van der Waals surface area contributed by atoms with Gasteiger partial charge in [0, 0.05) is 29.8 Å². The van der Waals surface area contributed by atoms with Crippen molar-refractivity contribution >= 4 is 17.2 Å². The number of carbonyl (C=O) groups excluding carboxylic acids is 1. The van der Waals surface area contributed by atoms with Gasteiger partial charge in [0.1, 0.15) is 6.33 Å². The highest BCUT2D eigenvalue weighted by Crippen LogP contribution is 2.43. The second kappa shape index (κ2) is 5.77. The standard InChI is InChI=1S/C20H17N3OS/c24-20(14-3-1-13(2-4-14)15-7-8-25-11-15)23-16-5-6-19(23)17-10-21-12-22-18(17)9-16/h1-4,7-8,10-12,16,19H,5-6,9H2. The molecule has 1 fully saturated rings. The molecule has 0 radical (unpaired) electrons. The Kier molecular flexibility index (Phi) is 3.41. The van der Waals surface area contributed by atoms with Gasteiger partial charge in [-0.25, -0.2) is 9.97 Å². The van der Waals surface area contributed by atoms with E-state index < -0.39 is 0 Å². The highest BCUT2D eigenvalue weighted by molar-refractivity contribution is 7.08. The van der Waals surface area contributed by atoms with Crippen LogP contribution in [0.2, 0.25) is 0 Å². The first-order valence-corrected chi connectivity index (χ1v) is 9.49. The fourth-order valence-corrected chi connectivity index (χ4v) is 4.78. The predicted molar refractivity (Wildman–Crippen MR) is 97.4 cm³/mol. The molecule has 2 aliphatic heterocycles. The minimum Gasteiger partial charge on any atom is -0.328 e. The molecule has 5 heteroatoms. The number of hydrogen-bond acceptors (Lipinski definition) is 4. The van der Waals surface area contributed by atoms with Crippen molar-refractivity contribution in [2.75, 3.05) is 0 Å². The number of fused-ring (bicyclic) bond motifs is 4. The molecular formula is C20H17N3OS. The van der Waals surface area contributed by atoms with E-state index in [2.05, 4.69) is 31.7 Å². The van der Waals surface area contributed by atoms with Crippen molar-refractivity contribution in [1.29, 1.82) is 0 Å². The lowest BCUT2D eigenvalue weighted by Crippen LogP contribution is -2.42. The molecule has 2 aliphatic rings. The molecule has 2 unspecified atom stereocenters. The molecule has 2 bridgehead atoms. The Morgan fingerprint density at radius 3 is 2.80 bits per heavy atom. The van der Waals surface area contributed by atoms with Crippen LogP contribution < -0.4 is 0 Å². The van der Waals surface area contributed by atoms with Crippen molar-refractivity contribution in [2.45, 2.75) is 31.3 Å². The third-order valence-electron chi connectivity index (χ3n) is 5.34. The molecule has 0 spiro atoms. The normalized spacial score (nSPS) is 21.2. The summed E-state index contributed by atoms with van der Waals surface area (Å²) in [5.41, 5.74) is 5.35. The molecular weight excluding hydrogens is 330 g/mol. The Labute approximate surface area is 150 Å². The molecule has 5 rings (SSSR count). The number of hydrogen-bond donors (Lipinski definition) is 0. The Morgan fingerprint density at radius 2 is 2.00 bits per heavy atom. The lowest BCUT2D eigenvalue weighted by Gasteiger charge is -2.35. The zero-order chi connectivity index (χ0) is 16.8. The molecule has 0 N–H and O–H groups in total. The Bertz CT molecular complexity index is 920. The predicted octanol–water partition coefficient (Wildman–Crippen LogP) is 4.11. The quantitative estimate of drug-likeness (QED) is 0.701. The first-order valence-electron chi connectivity index (χ1n) is 8.55. The summed E-state index contributed by atoms with van der Waals surface area (Å²) in [4.78, 5) is 23.8. The van der Waals surface area contributed by atoms with Crippen LogP contribution >= 0.6 is 11.3 Å². The van der Waals surface area contributed by atoms with Crippen LogP contribution in [0.15, 0.2) is 53.6 Å². The zero-order valence-electron chi connectivity index (χ0n) is 13.6. The van der Waals surface area contributed by atoms with Gasteiger partial charge in [-0.1, -0.05) is 12.1 Å². The average Bonchev–Trinajstić information content (AvgIpc) is 3.29. The van der Waals surface area contributed by atoms with Crippen LogP contribution in [0, 0.1) is 0 Å². The Balaban J connectivity index is 1.45. The van der Waals surface area contributed by atoms with Crippen LogP contribution in [-0.4, -0.2) is 26.8 Å². The van der Waals surface area contributed by atoms with Crippen LogP contribution in [0.3, 0.4) is 0 Å². The minimum absolute atomic E-state index is 0.124. The fourth-order valence-electron chi connectivity index (χ4n) is 4.12. The van der Waals surface area contributed by atoms with Gasteiger partial charge in [-0.05, 0) is 52.9 Å². The van der Waals surface area contributed by atoms with E-state index in [1.807, 2.05) is 30.5 Å². The summed E-state index contributed by atoms with van der Waals surface area (Å²) in [6.45, 7) is 0. The highest BCUT2D eigenvalue weighted by Gasteiger charge is 2.43. The smallest absolute Gasteiger partial charge is 0.254 e. The van der Waals surface area contributed by atoms with Gasteiger partial charge in [0.15, 0.2) is 0 Å². The van der Waals surface area contributed by atoms with E-state index in [4.69, 9.17) is 0 Å². The van der Waals surface area contributed by atoms with E-state index in [0.717, 1.165) is 41.6 Å². The van der Waals surface area contributed by atoms with Gasteiger partial charge in [0.25, 0.3) is 5.91 Å². The van der Waals surface area contributed by atoms with Crippen LogP contribution in [-0.2, 0) is 6.42 Å². The number of benzene rings is 1. The summed E-state index contributed by atoms with van der Waals surface area (Å²) in [7, 11) is 0. The maximum atomic E-state index is 13.2. The van der Waals surface area contributed by atoms with E-state index in [0.29, 0.717) is 0 Å². The highest BCUT2D eigenvalue weighted by atomic mass is 32.1. The van der Waals surface area contributed by atoms with Gasteiger partial charge < -0.3 is 4.90 Å². The van der Waals surface area contributed by atoms with Gasteiger partial charge in [0.05, 0.1) is 11.7 Å². The van der Waals surface area contributed by atoms with Crippen molar-refractivity contribution in [3.05, 3.63) is 70.4 Å². The fraction of sp³-hybridized carbons (Fsp3) is 0.250. The molecule has 0 saturated carbocycles. The molecule has 124 valence electrons. The van der Waals surface area contributed by atoms with Gasteiger partial charge >= 0.3 is 0 Å². The summed E-state index contributed by atoms with van der Waals surface area (Å²) in [6.07, 6.45) is 6.38. The molecule has 4 nitrogen and oxygen atoms in total. The van der Waals surface area contributed by atoms with Crippen molar-refractivity contribution in [1.82, 2.24) is 14.9 Å². The van der Waals surface area contributed by atoms with E-state index in [9.17, 15) is 4.79 Å². The Hall–Kier alpha value is -2.53. The van der Waals surface area contributed by atoms with Crippen molar-refractivity contribution in [3.63, 3.8) is 0 Å².